The molecule has 0 radical (unpaired) electrons. The van der Waals surface area contributed by atoms with E-state index in [2.05, 4.69) is 15.6 Å². The Kier molecular flexibility index (Phi) is 7.94. The minimum absolute atomic E-state index is 0.0467. The first-order valence-corrected chi connectivity index (χ1v) is 12.1. The zero-order valence-corrected chi connectivity index (χ0v) is 21.0. The van der Waals surface area contributed by atoms with Crippen LogP contribution in [-0.2, 0) is 20.9 Å². The zero-order chi connectivity index (χ0) is 26.4. The van der Waals surface area contributed by atoms with Gasteiger partial charge in [-0.25, -0.2) is 9.78 Å². The number of fused-ring (bicyclic) bond motifs is 1. The molecule has 0 unspecified atom stereocenters. The van der Waals surface area contributed by atoms with Crippen LogP contribution in [-0.4, -0.2) is 40.5 Å². The Morgan fingerprint density at radius 2 is 1.65 bits per heavy atom. The minimum Gasteiger partial charge on any atom is -0.490 e. The first-order chi connectivity index (χ1) is 17.8. The lowest BCUT2D eigenvalue weighted by Crippen LogP contribution is -2.27. The van der Waals surface area contributed by atoms with Gasteiger partial charge in [0, 0.05) is 18.3 Å². The lowest BCUT2D eigenvalue weighted by molar-refractivity contribution is -0.117. The Morgan fingerprint density at radius 1 is 0.973 bits per heavy atom. The van der Waals surface area contributed by atoms with Crippen LogP contribution in [0.3, 0.4) is 0 Å². The van der Waals surface area contributed by atoms with Crippen molar-refractivity contribution < 1.29 is 23.9 Å². The summed E-state index contributed by atoms with van der Waals surface area (Å²) in [4.78, 5) is 54.3. The number of amides is 2. The van der Waals surface area contributed by atoms with E-state index in [-0.39, 0.29) is 35.9 Å². The summed E-state index contributed by atoms with van der Waals surface area (Å²) >= 11 is 1.07. The molecule has 0 bridgehead atoms. The van der Waals surface area contributed by atoms with Gasteiger partial charge < -0.3 is 20.1 Å². The standard InChI is InChI=1S/C26H24N4O6S/c1-16-22-24(37-23(16)26(34)36-13-12-35-20-6-4-3-5-7-20)27-15-30(25(22)33)14-21(32)29-19-10-8-18(9-11-19)28-17(2)31/h3-11,15H,12-14H2,1-2H3,(H,28,31)(H,29,32). The molecule has 2 N–H and O–H groups in total. The van der Waals surface area contributed by atoms with Crippen molar-refractivity contribution in [2.75, 3.05) is 23.8 Å². The van der Waals surface area contributed by atoms with Crippen molar-refractivity contribution in [1.29, 1.82) is 0 Å². The third-order valence-corrected chi connectivity index (χ3v) is 6.41. The van der Waals surface area contributed by atoms with Crippen LogP contribution in [0.15, 0.2) is 65.7 Å². The fourth-order valence-electron chi connectivity index (χ4n) is 3.54. The lowest BCUT2D eigenvalue weighted by Gasteiger charge is -2.08. The van der Waals surface area contributed by atoms with Crippen molar-refractivity contribution in [3.05, 3.63) is 81.7 Å². The van der Waals surface area contributed by atoms with E-state index in [4.69, 9.17) is 9.47 Å². The first-order valence-electron chi connectivity index (χ1n) is 11.3. The number of hydrogen-bond donors (Lipinski definition) is 2. The molecule has 190 valence electrons. The molecular weight excluding hydrogens is 496 g/mol. The SMILES string of the molecule is CC(=O)Nc1ccc(NC(=O)Cn2cnc3sc(C(=O)OCCOc4ccccc4)c(C)c3c2=O)cc1. The molecule has 0 aliphatic rings. The van der Waals surface area contributed by atoms with Crippen LogP contribution in [0.1, 0.15) is 22.2 Å². The third kappa shape index (κ3) is 6.39. The molecule has 2 aromatic carbocycles. The number of hydrogen-bond acceptors (Lipinski definition) is 8. The van der Waals surface area contributed by atoms with Gasteiger partial charge in [-0.2, -0.15) is 0 Å². The first kappa shape index (κ1) is 25.6. The van der Waals surface area contributed by atoms with E-state index in [1.807, 2.05) is 18.2 Å². The molecule has 0 saturated carbocycles. The van der Waals surface area contributed by atoms with Gasteiger partial charge in [-0.05, 0) is 48.9 Å². The number of carbonyl (C=O) groups excluding carboxylic acids is 3. The van der Waals surface area contributed by atoms with Crippen LogP contribution >= 0.6 is 11.3 Å². The predicted octanol–water partition coefficient (Wildman–Crippen LogP) is 3.60. The maximum atomic E-state index is 13.1. The molecule has 0 saturated heterocycles. The van der Waals surface area contributed by atoms with Crippen molar-refractivity contribution in [3.8, 4) is 5.75 Å². The number of para-hydroxylation sites is 1. The van der Waals surface area contributed by atoms with Gasteiger partial charge in [0.25, 0.3) is 5.56 Å². The highest BCUT2D eigenvalue weighted by atomic mass is 32.1. The molecule has 2 heterocycles. The van der Waals surface area contributed by atoms with E-state index in [0.717, 1.165) is 11.3 Å². The average molecular weight is 521 g/mol. The van der Waals surface area contributed by atoms with Crippen LogP contribution in [0, 0.1) is 6.92 Å². The van der Waals surface area contributed by atoms with Crippen LogP contribution in [0.25, 0.3) is 10.2 Å². The van der Waals surface area contributed by atoms with Crippen molar-refractivity contribution in [2.45, 2.75) is 20.4 Å². The third-order valence-electron chi connectivity index (χ3n) is 5.23. The molecule has 0 spiro atoms. The number of benzene rings is 2. The van der Waals surface area contributed by atoms with Crippen molar-refractivity contribution in [3.63, 3.8) is 0 Å². The molecule has 0 aliphatic heterocycles. The summed E-state index contributed by atoms with van der Waals surface area (Å²) in [5.74, 6) is -0.520. The van der Waals surface area contributed by atoms with Crippen LogP contribution in [0.2, 0.25) is 0 Å². The topological polar surface area (TPSA) is 129 Å². The second-order valence-corrected chi connectivity index (χ2v) is 9.02. The number of ether oxygens (including phenoxy) is 2. The number of rotatable bonds is 9. The highest BCUT2D eigenvalue weighted by Crippen LogP contribution is 2.27. The molecule has 11 heteroatoms. The van der Waals surface area contributed by atoms with Crippen molar-refractivity contribution >= 4 is 50.7 Å². The molecule has 0 aliphatic carbocycles. The maximum Gasteiger partial charge on any atom is 0.348 e. The Balaban J connectivity index is 1.40. The van der Waals surface area contributed by atoms with Gasteiger partial charge in [-0.15, -0.1) is 11.3 Å². The molecule has 37 heavy (non-hydrogen) atoms. The van der Waals surface area contributed by atoms with Crippen LogP contribution in [0.5, 0.6) is 5.75 Å². The van der Waals surface area contributed by atoms with Gasteiger partial charge in [0.2, 0.25) is 11.8 Å². The lowest BCUT2D eigenvalue weighted by atomic mass is 10.2. The second kappa shape index (κ2) is 11.5. The van der Waals surface area contributed by atoms with Gasteiger partial charge in [-0.1, -0.05) is 18.2 Å². The Hall–Kier alpha value is -4.51. The summed E-state index contributed by atoms with van der Waals surface area (Å²) in [5, 5.41) is 5.62. The molecule has 2 aromatic heterocycles. The fraction of sp³-hybridized carbons (Fsp3) is 0.192. The number of anilines is 2. The Labute approximate surface area is 215 Å². The van der Waals surface area contributed by atoms with E-state index < -0.39 is 17.4 Å². The van der Waals surface area contributed by atoms with Crippen molar-refractivity contribution in [1.82, 2.24) is 9.55 Å². The van der Waals surface area contributed by atoms with E-state index >= 15 is 0 Å². The summed E-state index contributed by atoms with van der Waals surface area (Å²) < 4.78 is 12.0. The van der Waals surface area contributed by atoms with Gasteiger partial charge >= 0.3 is 5.97 Å². The molecular formula is C26H24N4O6S. The van der Waals surface area contributed by atoms with Crippen LogP contribution < -0.4 is 20.9 Å². The zero-order valence-electron chi connectivity index (χ0n) is 20.1. The molecule has 0 fully saturated rings. The highest BCUT2D eigenvalue weighted by molar-refractivity contribution is 7.20. The number of thiophene rings is 1. The molecule has 10 nitrogen and oxygen atoms in total. The van der Waals surface area contributed by atoms with E-state index in [1.165, 1.54) is 17.8 Å². The summed E-state index contributed by atoms with van der Waals surface area (Å²) in [5.41, 5.74) is 1.13. The van der Waals surface area contributed by atoms with Crippen LogP contribution in [0.4, 0.5) is 11.4 Å². The highest BCUT2D eigenvalue weighted by Gasteiger charge is 2.21. The number of nitrogens with one attached hydrogen (secondary N) is 2. The summed E-state index contributed by atoms with van der Waals surface area (Å²) in [6, 6.07) is 15.8. The van der Waals surface area contributed by atoms with E-state index in [0.29, 0.717) is 27.5 Å². The fourth-order valence-corrected chi connectivity index (χ4v) is 4.57. The average Bonchev–Trinajstić information content (AvgIpc) is 3.22. The van der Waals surface area contributed by atoms with E-state index in [1.54, 1.807) is 43.3 Å². The van der Waals surface area contributed by atoms with Gasteiger partial charge in [0.15, 0.2) is 0 Å². The second-order valence-electron chi connectivity index (χ2n) is 8.02. The van der Waals surface area contributed by atoms with Gasteiger partial charge in [-0.3, -0.25) is 19.0 Å². The Bertz CT molecular complexity index is 1500. The molecule has 0 atom stereocenters. The summed E-state index contributed by atoms with van der Waals surface area (Å²) in [7, 11) is 0. The predicted molar refractivity (Wildman–Crippen MR) is 140 cm³/mol. The Morgan fingerprint density at radius 3 is 2.32 bits per heavy atom. The quantitative estimate of drug-likeness (QED) is 0.255. The monoisotopic (exact) mass is 520 g/mol. The largest absolute Gasteiger partial charge is 0.490 e. The molecule has 2 amide bonds. The number of aryl methyl sites for hydroxylation is 1. The number of carbonyl (C=O) groups is 3. The minimum atomic E-state index is -0.566. The normalized spacial score (nSPS) is 10.6. The smallest absolute Gasteiger partial charge is 0.348 e. The van der Waals surface area contributed by atoms with Gasteiger partial charge in [0.1, 0.15) is 35.2 Å². The van der Waals surface area contributed by atoms with Crippen molar-refractivity contribution in [2.24, 2.45) is 0 Å². The van der Waals surface area contributed by atoms with Gasteiger partial charge in [0.05, 0.1) is 11.7 Å². The van der Waals surface area contributed by atoms with E-state index in [9.17, 15) is 19.2 Å². The number of aromatic nitrogens is 2. The summed E-state index contributed by atoms with van der Waals surface area (Å²) in [6.07, 6.45) is 1.28. The number of esters is 1. The summed E-state index contributed by atoms with van der Waals surface area (Å²) in [6.45, 7) is 3.03. The maximum absolute atomic E-state index is 13.1. The molecule has 4 rings (SSSR count). The number of nitrogens with zero attached hydrogens (tertiary/aromatic N) is 2. The molecule has 4 aromatic rings.